The van der Waals surface area contributed by atoms with Crippen LogP contribution in [0.15, 0.2) is 47.8 Å². The lowest BCUT2D eigenvalue weighted by molar-refractivity contribution is -0.118. The summed E-state index contributed by atoms with van der Waals surface area (Å²) in [4.78, 5) is 59.4. The molecular weight excluding hydrogens is 949 g/mol. The van der Waals surface area contributed by atoms with E-state index in [9.17, 15) is 24.9 Å². The van der Waals surface area contributed by atoms with Crippen LogP contribution < -0.4 is 16.2 Å². The number of aromatic amines is 1. The maximum Gasteiger partial charge on any atom is 0.475 e. The Morgan fingerprint density at radius 2 is 1.81 bits per heavy atom. The molecule has 11 atom stereocenters. The summed E-state index contributed by atoms with van der Waals surface area (Å²) in [6, 6.07) is 12.3. The molecule has 2 aliphatic carbocycles. The molecule has 0 radical (unpaired) electrons. The van der Waals surface area contributed by atoms with Crippen LogP contribution in [0.2, 0.25) is 0 Å². The number of phosphoric ester groups is 1. The fourth-order valence-corrected chi connectivity index (χ4v) is 12.7. The second-order valence-corrected chi connectivity index (χ2v) is 21.4. The number of rotatable bonds is 13. The van der Waals surface area contributed by atoms with Gasteiger partial charge >= 0.3 is 14.5 Å². The quantitative estimate of drug-likeness (QED) is 0.109. The second kappa shape index (κ2) is 19.1. The van der Waals surface area contributed by atoms with Crippen molar-refractivity contribution in [1.29, 1.82) is 10.5 Å². The number of hydrogen-bond donors (Lipinski definition) is 3. The maximum absolute atomic E-state index is 15.1. The summed E-state index contributed by atoms with van der Waals surface area (Å²) in [5.74, 6) is -1.93. The summed E-state index contributed by atoms with van der Waals surface area (Å²) < 4.78 is 68.5. The number of ether oxygens (including phenoxy) is 2. The number of anilines is 2. The average Bonchev–Trinajstić information content (AvgIpc) is 3.60. The van der Waals surface area contributed by atoms with E-state index in [1.807, 2.05) is 23.6 Å². The number of benzene rings is 1. The Hall–Kier alpha value is -5.47. The van der Waals surface area contributed by atoms with E-state index in [0.29, 0.717) is 23.1 Å². The Balaban J connectivity index is 1.09. The van der Waals surface area contributed by atoms with E-state index in [-0.39, 0.29) is 74.0 Å². The Kier molecular flexibility index (Phi) is 13.4. The predicted molar refractivity (Wildman–Crippen MR) is 238 cm³/mol. The van der Waals surface area contributed by atoms with Gasteiger partial charge in [-0.3, -0.25) is 38.3 Å². The number of methoxy groups -OCH3 is 1. The minimum atomic E-state index is -4.74. The summed E-state index contributed by atoms with van der Waals surface area (Å²) in [6.45, 7) is 0.289. The highest BCUT2D eigenvalue weighted by atomic mass is 32.5. The lowest BCUT2D eigenvalue weighted by Gasteiger charge is -2.34. The van der Waals surface area contributed by atoms with E-state index in [1.54, 1.807) is 50.5 Å². The minimum absolute atomic E-state index is 0.0400. The molecule has 358 valence electrons. The second-order valence-electron chi connectivity index (χ2n) is 16.8. The van der Waals surface area contributed by atoms with Gasteiger partial charge in [0.05, 0.1) is 63.8 Å². The van der Waals surface area contributed by atoms with Gasteiger partial charge in [0, 0.05) is 36.0 Å². The van der Waals surface area contributed by atoms with E-state index in [2.05, 4.69) is 45.9 Å². The standard InChI is InChI=1S/C40H45N13O12P2S/c1-21(2)35(54)48-39-47-34-27(37(56)49-39)50-51-53(34)38-30-29(58-4)25(63-38)17-61-67(68,60-15-9-13-42)65-31-22(3)28(24-16-40(24,31)18-62-66(57,64-30)59-14-8-12-41)52-20-45-26-32(43-19-44-33(26)52)46-36(55)23-10-6-5-7-11-23/h5-7,10-11,19-22,24-25,28-31,38H,8-9,14-18H2,1-4H3,(H,43,44,46,55)(H2,47,48,49,54,56)/t22-,24+,25+,28-,29+,30+,31-,38+,40?,66?,67?/m0/s1. The van der Waals surface area contributed by atoms with Crippen molar-refractivity contribution in [3.8, 4) is 12.1 Å². The Morgan fingerprint density at radius 1 is 1.04 bits per heavy atom. The van der Waals surface area contributed by atoms with Crippen LogP contribution in [0.1, 0.15) is 62.7 Å². The number of carbonyl (C=O) groups is 2. The molecule has 2 bridgehead atoms. The number of amides is 2. The predicted octanol–water partition coefficient (Wildman–Crippen LogP) is 4.32. The van der Waals surface area contributed by atoms with Gasteiger partial charge in [-0.2, -0.15) is 20.2 Å². The number of aromatic nitrogens is 9. The van der Waals surface area contributed by atoms with Gasteiger partial charge < -0.3 is 32.9 Å². The normalized spacial score (nSPS) is 31.2. The van der Waals surface area contributed by atoms with Crippen LogP contribution in [-0.2, 0) is 57.8 Å². The SMILES string of the molecule is CO[C@H]1[C@H]2OP(=O)(OCCC#N)OCC34C[C@@H]3[C@@H](n3cnc5c(NC(=O)c6ccccc6)ncnc53)[C@H](C)[C@@H]4OP(=S)(OCCC#N)OC[C@H]1O[C@H]2n1nnc2c(=O)[nH]c(NC(=O)C(C)C)nc21. The lowest BCUT2D eigenvalue weighted by atomic mass is 9.94. The highest BCUT2D eigenvalue weighted by Gasteiger charge is 2.73. The number of nitriles is 2. The van der Waals surface area contributed by atoms with E-state index in [4.69, 9.17) is 48.4 Å². The van der Waals surface area contributed by atoms with Crippen molar-refractivity contribution < 1.29 is 50.8 Å². The van der Waals surface area contributed by atoms with Crippen LogP contribution in [0.4, 0.5) is 11.8 Å². The van der Waals surface area contributed by atoms with E-state index in [1.165, 1.54) is 13.4 Å². The van der Waals surface area contributed by atoms with Crippen molar-refractivity contribution in [2.45, 2.75) is 76.7 Å². The molecule has 2 saturated carbocycles. The van der Waals surface area contributed by atoms with Gasteiger partial charge in [-0.05, 0) is 36.3 Å². The van der Waals surface area contributed by atoms with Gasteiger partial charge in [-0.1, -0.05) is 44.2 Å². The molecule has 2 amide bonds. The molecule has 68 heavy (non-hydrogen) atoms. The molecule has 1 aromatic carbocycles. The van der Waals surface area contributed by atoms with Crippen molar-refractivity contribution in [2.24, 2.45) is 23.2 Å². The first-order valence-corrected chi connectivity index (χ1v) is 25.5. The molecule has 9 rings (SSSR count). The molecule has 1 spiro atoms. The van der Waals surface area contributed by atoms with Gasteiger partial charge in [0.15, 0.2) is 34.4 Å². The molecule has 3 N–H and O–H groups in total. The molecule has 4 fully saturated rings. The van der Waals surface area contributed by atoms with Gasteiger partial charge in [0.25, 0.3) is 11.5 Å². The first-order chi connectivity index (χ1) is 32.7. The number of phosphoric acid groups is 1. The smallest absolute Gasteiger partial charge is 0.376 e. The first-order valence-electron chi connectivity index (χ1n) is 21.5. The van der Waals surface area contributed by atoms with Crippen LogP contribution in [0, 0.1) is 45.8 Å². The number of H-pyrrole nitrogens is 1. The zero-order chi connectivity index (χ0) is 48.0. The third-order valence-electron chi connectivity index (χ3n) is 12.3. The molecule has 3 unspecified atom stereocenters. The molecule has 2 aliphatic heterocycles. The van der Waals surface area contributed by atoms with Crippen molar-refractivity contribution >= 4 is 72.3 Å². The Morgan fingerprint density at radius 3 is 2.54 bits per heavy atom. The number of nitrogens with zero attached hydrogens (tertiary/aromatic N) is 10. The highest BCUT2D eigenvalue weighted by molar-refractivity contribution is 8.07. The molecule has 28 heteroatoms. The average molecular weight is 994 g/mol. The maximum atomic E-state index is 15.1. The Labute approximate surface area is 392 Å². The molecule has 6 heterocycles. The Bertz CT molecular complexity index is 2980. The van der Waals surface area contributed by atoms with Gasteiger partial charge in [-0.25, -0.2) is 19.5 Å². The minimum Gasteiger partial charge on any atom is -0.376 e. The van der Waals surface area contributed by atoms with Crippen molar-refractivity contribution in [1.82, 2.24) is 44.5 Å². The highest BCUT2D eigenvalue weighted by Crippen LogP contribution is 2.74. The molecule has 2 saturated heterocycles. The third-order valence-corrected chi connectivity index (χ3v) is 16.1. The van der Waals surface area contributed by atoms with E-state index in [0.717, 1.165) is 4.68 Å². The van der Waals surface area contributed by atoms with Crippen LogP contribution in [0.25, 0.3) is 22.3 Å². The fourth-order valence-electron chi connectivity index (χ4n) is 9.06. The van der Waals surface area contributed by atoms with Gasteiger partial charge in [0.2, 0.25) is 11.9 Å². The number of imidazole rings is 1. The summed E-state index contributed by atoms with van der Waals surface area (Å²) >= 11 is 6.11. The largest absolute Gasteiger partial charge is 0.475 e. The summed E-state index contributed by atoms with van der Waals surface area (Å²) in [6.07, 6.45) is -2.73. The molecule has 25 nitrogen and oxygen atoms in total. The van der Waals surface area contributed by atoms with Crippen molar-refractivity contribution in [3.05, 3.63) is 58.9 Å². The molecule has 4 aliphatic rings. The van der Waals surface area contributed by atoms with Gasteiger partial charge in [-0.15, -0.1) is 5.10 Å². The van der Waals surface area contributed by atoms with Crippen LogP contribution in [0.3, 0.4) is 0 Å². The summed E-state index contributed by atoms with van der Waals surface area (Å²) in [7, 11) is -3.39. The van der Waals surface area contributed by atoms with E-state index < -0.39 is 79.9 Å². The lowest BCUT2D eigenvalue weighted by Crippen LogP contribution is -2.37. The summed E-state index contributed by atoms with van der Waals surface area (Å²) in [5, 5.41) is 32.5. The topological polar surface area (TPSA) is 317 Å². The number of hydrogen-bond acceptors (Lipinski definition) is 21. The third kappa shape index (κ3) is 8.98. The van der Waals surface area contributed by atoms with Crippen LogP contribution in [-0.4, -0.2) is 114 Å². The number of fused-ring (bicyclic) bond motifs is 4. The molecule has 4 aromatic heterocycles. The van der Waals surface area contributed by atoms with Crippen molar-refractivity contribution in [2.75, 3.05) is 44.2 Å². The van der Waals surface area contributed by atoms with E-state index >= 15 is 4.57 Å². The van der Waals surface area contributed by atoms with Crippen LogP contribution >= 0.6 is 14.5 Å². The van der Waals surface area contributed by atoms with Crippen LogP contribution in [0.5, 0.6) is 0 Å². The van der Waals surface area contributed by atoms with Crippen molar-refractivity contribution in [3.63, 3.8) is 0 Å². The number of nitrogens with one attached hydrogen (secondary N) is 3. The van der Waals surface area contributed by atoms with Gasteiger partial charge in [0.1, 0.15) is 24.6 Å². The first kappa shape index (κ1) is 47.6. The monoisotopic (exact) mass is 993 g/mol. The molecule has 5 aromatic rings. The fraction of sp³-hybridized carbons (Fsp3) is 0.525. The number of carbonyl (C=O) groups excluding carboxylic acids is 2. The summed E-state index contributed by atoms with van der Waals surface area (Å²) in [5.41, 5.74) is -0.852. The zero-order valence-corrected chi connectivity index (χ0v) is 39.5. The zero-order valence-electron chi connectivity index (χ0n) is 36.9. The molecular formula is C40H45N13O12P2S.